The largest absolute Gasteiger partial charge is 0.344 e. The first kappa shape index (κ1) is 16.0. The van der Waals surface area contributed by atoms with E-state index in [4.69, 9.17) is 0 Å². The number of hydrogen-bond donors (Lipinski definition) is 1. The zero-order valence-corrected chi connectivity index (χ0v) is 14.8. The third-order valence-electron chi connectivity index (χ3n) is 4.59. The zero-order valence-electron chi connectivity index (χ0n) is 14.0. The molecule has 5 heteroatoms. The number of nitrogens with one attached hydrogen (secondary N) is 1. The van der Waals surface area contributed by atoms with Gasteiger partial charge in [-0.25, -0.2) is 4.98 Å². The lowest BCUT2D eigenvalue weighted by Gasteiger charge is -2.26. The Labute approximate surface area is 151 Å². The van der Waals surface area contributed by atoms with Crippen molar-refractivity contribution < 1.29 is 4.79 Å². The number of nitrogens with zero attached hydrogens (tertiary/aromatic N) is 2. The number of fused-ring (bicyclic) bond motifs is 1. The van der Waals surface area contributed by atoms with Crippen molar-refractivity contribution in [1.82, 2.24) is 15.3 Å². The van der Waals surface area contributed by atoms with Crippen molar-refractivity contribution in [3.05, 3.63) is 70.5 Å². The molecular weight excluding hydrogens is 330 g/mol. The van der Waals surface area contributed by atoms with Gasteiger partial charge in [0, 0.05) is 18.0 Å². The lowest BCUT2D eigenvalue weighted by molar-refractivity contribution is 0.0936. The van der Waals surface area contributed by atoms with E-state index in [-0.39, 0.29) is 11.9 Å². The first-order valence-corrected chi connectivity index (χ1v) is 9.30. The molecule has 0 saturated carbocycles. The van der Waals surface area contributed by atoms with Crippen molar-refractivity contribution in [1.29, 1.82) is 0 Å². The highest BCUT2D eigenvalue weighted by Gasteiger charge is 2.24. The number of benzene rings is 1. The molecule has 2 heterocycles. The number of rotatable bonds is 3. The fraction of sp³-hybridized carbons (Fsp3) is 0.250. The summed E-state index contributed by atoms with van der Waals surface area (Å²) in [6.07, 6.45) is 6.68. The van der Waals surface area contributed by atoms with Gasteiger partial charge in [-0.3, -0.25) is 9.78 Å². The molecule has 0 saturated heterocycles. The molecule has 1 aliphatic carbocycles. The van der Waals surface area contributed by atoms with Crippen LogP contribution in [0.2, 0.25) is 0 Å². The predicted molar refractivity (Wildman–Crippen MR) is 99.7 cm³/mol. The van der Waals surface area contributed by atoms with Crippen LogP contribution in [0, 0.1) is 6.92 Å². The van der Waals surface area contributed by atoms with E-state index >= 15 is 0 Å². The molecule has 4 rings (SSSR count). The minimum absolute atomic E-state index is 0.0353. The van der Waals surface area contributed by atoms with Crippen LogP contribution < -0.4 is 5.32 Å². The van der Waals surface area contributed by atoms with Crippen LogP contribution in [-0.4, -0.2) is 15.9 Å². The van der Waals surface area contributed by atoms with E-state index in [1.807, 2.05) is 25.1 Å². The first-order valence-electron chi connectivity index (χ1n) is 8.49. The Bertz CT molecular complexity index is 904. The lowest BCUT2D eigenvalue weighted by Crippen LogP contribution is -2.30. The second-order valence-electron chi connectivity index (χ2n) is 6.29. The Hall–Kier alpha value is -2.53. The van der Waals surface area contributed by atoms with Crippen LogP contribution in [0.5, 0.6) is 0 Å². The van der Waals surface area contributed by atoms with Crippen LogP contribution in [0.3, 0.4) is 0 Å². The third-order valence-corrected chi connectivity index (χ3v) is 5.79. The first-order chi connectivity index (χ1) is 12.2. The van der Waals surface area contributed by atoms with Gasteiger partial charge < -0.3 is 5.32 Å². The molecule has 1 amide bonds. The van der Waals surface area contributed by atoms with Gasteiger partial charge in [-0.05, 0) is 49.4 Å². The van der Waals surface area contributed by atoms with Crippen molar-refractivity contribution in [3.63, 3.8) is 0 Å². The second kappa shape index (κ2) is 6.76. The summed E-state index contributed by atoms with van der Waals surface area (Å²) in [5.41, 5.74) is 4.30. The summed E-state index contributed by atoms with van der Waals surface area (Å²) in [6.45, 7) is 1.89. The topological polar surface area (TPSA) is 54.9 Å². The standard InChI is InChI=1S/C20H19N3OS/c1-13-18(25-20(22-13)15-8-5-11-21-12-15)19(24)23-17-10-4-7-14-6-2-3-9-16(14)17/h2-3,5-6,8-9,11-12,17H,4,7,10H2,1H3,(H,23,24)/t17-/m1/s1. The molecule has 4 nitrogen and oxygen atoms in total. The normalized spacial score (nSPS) is 16.3. The molecule has 0 aliphatic heterocycles. The van der Waals surface area contributed by atoms with E-state index in [9.17, 15) is 4.79 Å². The Morgan fingerprint density at radius 2 is 2.12 bits per heavy atom. The van der Waals surface area contributed by atoms with Gasteiger partial charge >= 0.3 is 0 Å². The van der Waals surface area contributed by atoms with Crippen molar-refractivity contribution in [3.8, 4) is 10.6 Å². The van der Waals surface area contributed by atoms with E-state index in [0.717, 1.165) is 35.5 Å². The van der Waals surface area contributed by atoms with Crippen molar-refractivity contribution in [2.24, 2.45) is 0 Å². The van der Waals surface area contributed by atoms with E-state index < -0.39 is 0 Å². The van der Waals surface area contributed by atoms with Crippen LogP contribution in [0.15, 0.2) is 48.8 Å². The van der Waals surface area contributed by atoms with Gasteiger partial charge in [0.25, 0.3) is 5.91 Å². The van der Waals surface area contributed by atoms with E-state index in [1.54, 1.807) is 12.4 Å². The van der Waals surface area contributed by atoms with Crippen molar-refractivity contribution >= 4 is 17.2 Å². The highest BCUT2D eigenvalue weighted by molar-refractivity contribution is 7.17. The van der Waals surface area contributed by atoms with E-state index in [2.05, 4.69) is 33.5 Å². The molecule has 1 N–H and O–H groups in total. The van der Waals surface area contributed by atoms with Crippen LogP contribution in [-0.2, 0) is 6.42 Å². The summed E-state index contributed by atoms with van der Waals surface area (Å²) in [5, 5.41) is 4.05. The number of carbonyl (C=O) groups is 1. The molecule has 3 aromatic rings. The smallest absolute Gasteiger partial charge is 0.263 e. The van der Waals surface area contributed by atoms with Crippen LogP contribution >= 0.6 is 11.3 Å². The number of thiazole rings is 1. The molecular formula is C20H19N3OS. The summed E-state index contributed by atoms with van der Waals surface area (Å²) in [7, 11) is 0. The average Bonchev–Trinajstić information content (AvgIpc) is 3.05. The monoisotopic (exact) mass is 349 g/mol. The molecule has 1 aromatic carbocycles. The number of carbonyl (C=O) groups excluding carboxylic acids is 1. The average molecular weight is 349 g/mol. The quantitative estimate of drug-likeness (QED) is 0.766. The van der Waals surface area contributed by atoms with Gasteiger partial charge in [-0.2, -0.15) is 0 Å². The predicted octanol–water partition coefficient (Wildman–Crippen LogP) is 4.32. The van der Waals surface area contributed by atoms with Gasteiger partial charge in [0.05, 0.1) is 11.7 Å². The Balaban J connectivity index is 1.58. The minimum Gasteiger partial charge on any atom is -0.344 e. The number of aromatic nitrogens is 2. The molecule has 2 aromatic heterocycles. The maximum absolute atomic E-state index is 12.8. The van der Waals surface area contributed by atoms with Gasteiger partial charge in [-0.15, -0.1) is 11.3 Å². The van der Waals surface area contributed by atoms with Crippen molar-refractivity contribution in [2.45, 2.75) is 32.2 Å². The molecule has 0 fully saturated rings. The molecule has 1 atom stereocenters. The summed E-state index contributed by atoms with van der Waals surface area (Å²) >= 11 is 1.43. The molecule has 126 valence electrons. The molecule has 0 unspecified atom stereocenters. The lowest BCUT2D eigenvalue weighted by atomic mass is 9.88. The van der Waals surface area contributed by atoms with Crippen molar-refractivity contribution in [2.75, 3.05) is 0 Å². The fourth-order valence-corrected chi connectivity index (χ4v) is 4.31. The molecule has 1 aliphatic rings. The third kappa shape index (κ3) is 3.20. The maximum atomic E-state index is 12.8. The molecule has 0 radical (unpaired) electrons. The Kier molecular flexibility index (Phi) is 4.32. The Morgan fingerprint density at radius 1 is 1.24 bits per heavy atom. The molecule has 25 heavy (non-hydrogen) atoms. The molecule has 0 bridgehead atoms. The minimum atomic E-state index is -0.0353. The van der Waals surface area contributed by atoms with Gasteiger partial charge in [0.15, 0.2) is 0 Å². The number of hydrogen-bond acceptors (Lipinski definition) is 4. The van der Waals surface area contributed by atoms with Crippen LogP contribution in [0.1, 0.15) is 45.4 Å². The van der Waals surface area contributed by atoms with Crippen LogP contribution in [0.4, 0.5) is 0 Å². The summed E-state index contributed by atoms with van der Waals surface area (Å²) in [5.74, 6) is -0.0353. The van der Waals surface area contributed by atoms with Crippen LogP contribution in [0.25, 0.3) is 10.6 Å². The van der Waals surface area contributed by atoms with Gasteiger partial charge in [-0.1, -0.05) is 24.3 Å². The highest BCUT2D eigenvalue weighted by Crippen LogP contribution is 2.31. The summed E-state index contributed by atoms with van der Waals surface area (Å²) < 4.78 is 0. The summed E-state index contributed by atoms with van der Waals surface area (Å²) in [6, 6.07) is 12.3. The highest BCUT2D eigenvalue weighted by atomic mass is 32.1. The van der Waals surface area contributed by atoms with E-state index in [1.165, 1.54) is 22.5 Å². The Morgan fingerprint density at radius 3 is 2.96 bits per heavy atom. The van der Waals surface area contributed by atoms with Gasteiger partial charge in [0.2, 0.25) is 0 Å². The SMILES string of the molecule is Cc1nc(-c2cccnc2)sc1C(=O)N[C@@H]1CCCc2ccccc21. The fourth-order valence-electron chi connectivity index (χ4n) is 3.35. The maximum Gasteiger partial charge on any atom is 0.263 e. The second-order valence-corrected chi connectivity index (χ2v) is 7.29. The zero-order chi connectivity index (χ0) is 17.2. The molecule has 0 spiro atoms. The summed E-state index contributed by atoms with van der Waals surface area (Å²) in [4.78, 5) is 22.2. The number of aryl methyl sites for hydroxylation is 2. The van der Waals surface area contributed by atoms with E-state index in [0.29, 0.717) is 4.88 Å². The number of amides is 1. The van der Waals surface area contributed by atoms with Gasteiger partial charge in [0.1, 0.15) is 9.88 Å². The number of pyridine rings is 1.